The highest BCUT2D eigenvalue weighted by Gasteiger charge is 2.11. The molecule has 0 spiro atoms. The van der Waals surface area contributed by atoms with Crippen molar-refractivity contribution in [2.75, 3.05) is 13.1 Å². The number of nitrogens with one attached hydrogen (secondary N) is 2. The number of hydrogen-bond donors (Lipinski definition) is 3. The van der Waals surface area contributed by atoms with Crippen LogP contribution in [-0.2, 0) is 0 Å². The molecule has 0 saturated carbocycles. The van der Waals surface area contributed by atoms with E-state index in [1.165, 1.54) is 0 Å². The topological polar surface area (TPSA) is 44.3 Å². The van der Waals surface area contributed by atoms with E-state index in [4.69, 9.17) is 5.21 Å². The van der Waals surface area contributed by atoms with E-state index in [1.807, 2.05) is 0 Å². The summed E-state index contributed by atoms with van der Waals surface area (Å²) in [5.41, 5.74) is 2.20. The molecule has 1 saturated heterocycles. The fourth-order valence-corrected chi connectivity index (χ4v) is 0.765. The molecule has 1 aliphatic heterocycles. The highest BCUT2D eigenvalue weighted by atomic mass is 16.5. The summed E-state index contributed by atoms with van der Waals surface area (Å²) < 4.78 is 0. The Kier molecular flexibility index (Phi) is 1.62. The van der Waals surface area contributed by atoms with Gasteiger partial charge in [0.1, 0.15) is 0 Å². The second-order valence-electron chi connectivity index (χ2n) is 1.82. The van der Waals surface area contributed by atoms with Crippen LogP contribution in [0.1, 0.15) is 6.42 Å². The Balaban J connectivity index is 2.14. The summed E-state index contributed by atoms with van der Waals surface area (Å²) in [6.07, 6.45) is 1.04. The third-order valence-corrected chi connectivity index (χ3v) is 1.24. The van der Waals surface area contributed by atoms with Crippen LogP contribution in [-0.4, -0.2) is 24.3 Å². The van der Waals surface area contributed by atoms with Crippen LogP contribution >= 0.6 is 0 Å². The van der Waals surface area contributed by atoms with E-state index in [-0.39, 0.29) is 0 Å². The second-order valence-corrected chi connectivity index (χ2v) is 1.82. The molecule has 0 aromatic carbocycles. The van der Waals surface area contributed by atoms with E-state index in [0.717, 1.165) is 19.5 Å². The van der Waals surface area contributed by atoms with Gasteiger partial charge in [-0.25, -0.2) is 5.48 Å². The molecule has 3 N–H and O–H groups in total. The molecule has 1 atom stereocenters. The highest BCUT2D eigenvalue weighted by molar-refractivity contribution is 4.73. The zero-order chi connectivity index (χ0) is 5.11. The molecule has 7 heavy (non-hydrogen) atoms. The summed E-state index contributed by atoms with van der Waals surface area (Å²) >= 11 is 0. The smallest absolute Gasteiger partial charge is 0.0456 e. The summed E-state index contributed by atoms with van der Waals surface area (Å²) in [5, 5.41) is 11.4. The van der Waals surface area contributed by atoms with Crippen molar-refractivity contribution >= 4 is 0 Å². The number of rotatable bonds is 1. The SMILES string of the molecule is ON[C@@H]1CCNC1. The van der Waals surface area contributed by atoms with E-state index in [9.17, 15) is 0 Å². The van der Waals surface area contributed by atoms with Crippen LogP contribution < -0.4 is 10.8 Å². The number of hydrogen-bond acceptors (Lipinski definition) is 3. The van der Waals surface area contributed by atoms with Gasteiger partial charge in [0.05, 0.1) is 0 Å². The molecule has 0 amide bonds. The predicted molar refractivity (Wildman–Crippen MR) is 26.2 cm³/mol. The quantitative estimate of drug-likeness (QED) is 0.385. The van der Waals surface area contributed by atoms with Crippen molar-refractivity contribution < 1.29 is 5.21 Å². The fraction of sp³-hybridized carbons (Fsp3) is 1.00. The largest absolute Gasteiger partial charge is 0.316 e. The Morgan fingerprint density at radius 1 is 1.71 bits per heavy atom. The van der Waals surface area contributed by atoms with Crippen LogP contribution in [0.4, 0.5) is 0 Å². The molecule has 3 nitrogen and oxygen atoms in total. The van der Waals surface area contributed by atoms with Gasteiger partial charge >= 0.3 is 0 Å². The van der Waals surface area contributed by atoms with Gasteiger partial charge in [-0.05, 0) is 13.0 Å². The van der Waals surface area contributed by atoms with E-state index in [1.54, 1.807) is 0 Å². The second kappa shape index (κ2) is 2.26. The Hall–Kier alpha value is -0.120. The van der Waals surface area contributed by atoms with Crippen LogP contribution in [0.15, 0.2) is 0 Å². The molecule has 1 aliphatic rings. The standard InChI is InChI=1S/C4H10N2O/c7-6-4-1-2-5-3-4/h4-7H,1-3H2/t4-/m1/s1. The van der Waals surface area contributed by atoms with Gasteiger partial charge in [-0.1, -0.05) is 0 Å². The van der Waals surface area contributed by atoms with Crippen molar-refractivity contribution in [3.63, 3.8) is 0 Å². The zero-order valence-electron chi connectivity index (χ0n) is 4.15. The lowest BCUT2D eigenvalue weighted by molar-refractivity contribution is 0.133. The van der Waals surface area contributed by atoms with Gasteiger partial charge in [0, 0.05) is 12.6 Å². The summed E-state index contributed by atoms with van der Waals surface area (Å²) in [4.78, 5) is 0. The summed E-state index contributed by atoms with van der Waals surface area (Å²) in [5.74, 6) is 0. The van der Waals surface area contributed by atoms with Gasteiger partial charge in [0.25, 0.3) is 0 Å². The Morgan fingerprint density at radius 3 is 2.86 bits per heavy atom. The van der Waals surface area contributed by atoms with Gasteiger partial charge in [-0.2, -0.15) is 0 Å². The molecular weight excluding hydrogens is 92.1 g/mol. The van der Waals surface area contributed by atoms with Crippen molar-refractivity contribution in [3.05, 3.63) is 0 Å². The zero-order valence-corrected chi connectivity index (χ0v) is 4.15. The van der Waals surface area contributed by atoms with Gasteiger partial charge in [0.15, 0.2) is 0 Å². The molecule has 0 unspecified atom stereocenters. The van der Waals surface area contributed by atoms with E-state index in [2.05, 4.69) is 10.8 Å². The molecule has 1 rings (SSSR count). The first-order valence-corrected chi connectivity index (χ1v) is 2.54. The lowest BCUT2D eigenvalue weighted by Crippen LogP contribution is -2.27. The maximum Gasteiger partial charge on any atom is 0.0456 e. The van der Waals surface area contributed by atoms with Gasteiger partial charge in [-0.3, -0.25) is 0 Å². The minimum absolute atomic E-state index is 0.292. The Labute approximate surface area is 42.7 Å². The summed E-state index contributed by atoms with van der Waals surface area (Å²) in [7, 11) is 0. The Bertz CT molecular complexity index is 51.7. The minimum Gasteiger partial charge on any atom is -0.316 e. The average molecular weight is 102 g/mol. The molecule has 1 fully saturated rings. The van der Waals surface area contributed by atoms with Gasteiger partial charge in [0.2, 0.25) is 0 Å². The summed E-state index contributed by atoms with van der Waals surface area (Å²) in [6, 6.07) is 0.292. The Morgan fingerprint density at radius 2 is 2.57 bits per heavy atom. The first-order valence-electron chi connectivity index (χ1n) is 2.54. The third kappa shape index (κ3) is 1.12. The van der Waals surface area contributed by atoms with Crippen molar-refractivity contribution in [2.24, 2.45) is 0 Å². The first kappa shape index (κ1) is 5.03. The van der Waals surface area contributed by atoms with E-state index < -0.39 is 0 Å². The van der Waals surface area contributed by atoms with Crippen molar-refractivity contribution in [3.8, 4) is 0 Å². The first-order chi connectivity index (χ1) is 3.43. The molecular formula is C4H10N2O. The van der Waals surface area contributed by atoms with Gasteiger partial charge in [-0.15, -0.1) is 0 Å². The maximum absolute atomic E-state index is 8.28. The monoisotopic (exact) mass is 102 g/mol. The lowest BCUT2D eigenvalue weighted by atomic mass is 10.3. The predicted octanol–water partition coefficient (Wildman–Crippen LogP) is -0.673. The molecule has 0 bridgehead atoms. The third-order valence-electron chi connectivity index (χ3n) is 1.24. The molecule has 1 heterocycles. The van der Waals surface area contributed by atoms with E-state index >= 15 is 0 Å². The molecule has 42 valence electrons. The van der Waals surface area contributed by atoms with E-state index in [0.29, 0.717) is 6.04 Å². The lowest BCUT2D eigenvalue weighted by Gasteiger charge is -2.00. The number of hydroxylamine groups is 1. The maximum atomic E-state index is 8.28. The molecule has 0 aliphatic carbocycles. The fourth-order valence-electron chi connectivity index (χ4n) is 0.765. The molecule has 0 aromatic heterocycles. The minimum atomic E-state index is 0.292. The highest BCUT2D eigenvalue weighted by Crippen LogP contribution is 1.93. The van der Waals surface area contributed by atoms with Gasteiger partial charge < -0.3 is 10.5 Å². The van der Waals surface area contributed by atoms with Crippen LogP contribution in [0.2, 0.25) is 0 Å². The molecule has 0 aromatic rings. The van der Waals surface area contributed by atoms with Crippen LogP contribution in [0.25, 0.3) is 0 Å². The molecule has 0 radical (unpaired) electrons. The van der Waals surface area contributed by atoms with Crippen molar-refractivity contribution in [1.29, 1.82) is 0 Å². The normalized spacial score (nSPS) is 31.3. The van der Waals surface area contributed by atoms with Crippen LogP contribution in [0, 0.1) is 0 Å². The van der Waals surface area contributed by atoms with Crippen molar-refractivity contribution in [1.82, 2.24) is 10.8 Å². The average Bonchev–Trinajstić information content (AvgIpc) is 2.14. The molecule has 3 heteroatoms. The van der Waals surface area contributed by atoms with Crippen LogP contribution in [0.5, 0.6) is 0 Å². The van der Waals surface area contributed by atoms with Crippen LogP contribution in [0.3, 0.4) is 0 Å². The summed E-state index contributed by atoms with van der Waals surface area (Å²) in [6.45, 7) is 1.93. The van der Waals surface area contributed by atoms with Crippen molar-refractivity contribution in [2.45, 2.75) is 12.5 Å².